The van der Waals surface area contributed by atoms with Gasteiger partial charge in [-0.3, -0.25) is 9.59 Å². The average Bonchev–Trinajstić information content (AvgIpc) is 2.66. The van der Waals surface area contributed by atoms with Gasteiger partial charge in [0.05, 0.1) is 23.5 Å². The summed E-state index contributed by atoms with van der Waals surface area (Å²) in [5.41, 5.74) is -0.608. The van der Waals surface area contributed by atoms with E-state index in [1.54, 1.807) is 6.92 Å². The molecule has 2 aliphatic carbocycles. The van der Waals surface area contributed by atoms with Gasteiger partial charge in [0.25, 0.3) is 0 Å². The number of esters is 2. The number of fused-ring (bicyclic) bond motifs is 1. The number of ether oxygens (including phenoxy) is 2. The van der Waals surface area contributed by atoms with E-state index in [2.05, 4.69) is 19.1 Å². The molecule has 0 radical (unpaired) electrons. The molecule has 0 spiro atoms. The molecule has 0 aromatic rings. The summed E-state index contributed by atoms with van der Waals surface area (Å²) in [6.07, 6.45) is 7.77. The third-order valence-electron chi connectivity index (χ3n) is 7.36. The van der Waals surface area contributed by atoms with Crippen LogP contribution in [0.5, 0.6) is 0 Å². The van der Waals surface area contributed by atoms with Crippen molar-refractivity contribution in [1.29, 1.82) is 0 Å². The molecule has 6 heteroatoms. The number of aliphatic hydroxyl groups excluding tert-OH is 1. The lowest BCUT2D eigenvalue weighted by Crippen LogP contribution is -2.47. The van der Waals surface area contributed by atoms with Crippen molar-refractivity contribution in [3.05, 3.63) is 23.8 Å². The summed E-state index contributed by atoms with van der Waals surface area (Å²) in [6.45, 7) is 9.65. The molecule has 0 saturated carbocycles. The fraction of sp³-hybridized carbons (Fsp3) is 0.760. The SMILES string of the molecule is CCC(C)(C)C(=O)O[C@H]1C[C@@](C)(O)C=C2C=CC(C)[C@H](CCC3C[C@@H](O)CC(=O)O3)[C@H]21. The molecular weight excluding hydrogens is 396 g/mol. The fourth-order valence-corrected chi connectivity index (χ4v) is 5.09. The predicted octanol–water partition coefficient (Wildman–Crippen LogP) is 3.70. The van der Waals surface area contributed by atoms with Crippen molar-refractivity contribution in [1.82, 2.24) is 0 Å². The summed E-state index contributed by atoms with van der Waals surface area (Å²) >= 11 is 0. The highest BCUT2D eigenvalue weighted by molar-refractivity contribution is 5.76. The molecule has 0 bridgehead atoms. The summed E-state index contributed by atoms with van der Waals surface area (Å²) in [5, 5.41) is 20.7. The molecule has 0 amide bonds. The van der Waals surface area contributed by atoms with Gasteiger partial charge in [0, 0.05) is 18.8 Å². The predicted molar refractivity (Wildman–Crippen MR) is 117 cm³/mol. The smallest absolute Gasteiger partial charge is 0.311 e. The minimum atomic E-state index is -1.04. The standard InChI is InChI=1S/C25H38O6/c1-6-24(3,4)23(28)31-20-14-25(5,29)13-16-8-7-15(2)19(22(16)20)10-9-18-11-17(26)12-21(27)30-18/h7-8,13,15,17-20,22,26,29H,6,9-12,14H2,1-5H3/t15?,17-,18?,19+,20+,22+,25+/m1/s1. The van der Waals surface area contributed by atoms with Crippen LogP contribution in [0.1, 0.15) is 73.1 Å². The summed E-state index contributed by atoms with van der Waals surface area (Å²) < 4.78 is 11.5. The minimum Gasteiger partial charge on any atom is -0.462 e. The number of allylic oxidation sites excluding steroid dienone is 2. The van der Waals surface area contributed by atoms with Gasteiger partial charge in [-0.1, -0.05) is 26.0 Å². The van der Waals surface area contributed by atoms with E-state index in [1.807, 2.05) is 26.8 Å². The Kier molecular flexibility index (Phi) is 7.02. The van der Waals surface area contributed by atoms with Crippen molar-refractivity contribution in [3.8, 4) is 0 Å². The van der Waals surface area contributed by atoms with Crippen LogP contribution < -0.4 is 0 Å². The molecule has 2 unspecified atom stereocenters. The first kappa shape index (κ1) is 24.0. The Labute approximate surface area is 185 Å². The molecule has 3 rings (SSSR count). The van der Waals surface area contributed by atoms with Crippen LogP contribution >= 0.6 is 0 Å². The molecule has 3 aliphatic rings. The second-order valence-electron chi connectivity index (χ2n) is 10.6. The van der Waals surface area contributed by atoms with Crippen molar-refractivity contribution < 1.29 is 29.3 Å². The Morgan fingerprint density at radius 2 is 2.06 bits per heavy atom. The van der Waals surface area contributed by atoms with Gasteiger partial charge in [-0.25, -0.2) is 0 Å². The van der Waals surface area contributed by atoms with E-state index in [0.29, 0.717) is 25.7 Å². The van der Waals surface area contributed by atoms with Gasteiger partial charge < -0.3 is 19.7 Å². The molecule has 6 nitrogen and oxygen atoms in total. The van der Waals surface area contributed by atoms with Crippen LogP contribution in [0.2, 0.25) is 0 Å². The lowest BCUT2D eigenvalue weighted by molar-refractivity contribution is -0.168. The Morgan fingerprint density at radius 3 is 2.71 bits per heavy atom. The van der Waals surface area contributed by atoms with Crippen molar-refractivity contribution >= 4 is 11.9 Å². The van der Waals surface area contributed by atoms with E-state index in [9.17, 15) is 19.8 Å². The van der Waals surface area contributed by atoms with E-state index in [0.717, 1.165) is 12.0 Å². The zero-order chi connectivity index (χ0) is 23.0. The van der Waals surface area contributed by atoms with Crippen LogP contribution in [-0.4, -0.2) is 46.1 Å². The number of rotatable bonds is 6. The largest absolute Gasteiger partial charge is 0.462 e. The van der Waals surface area contributed by atoms with Gasteiger partial charge in [0.15, 0.2) is 0 Å². The van der Waals surface area contributed by atoms with Gasteiger partial charge >= 0.3 is 11.9 Å². The summed E-state index contributed by atoms with van der Waals surface area (Å²) in [7, 11) is 0. The van der Waals surface area contributed by atoms with E-state index < -0.39 is 23.2 Å². The van der Waals surface area contributed by atoms with Gasteiger partial charge in [0.1, 0.15) is 12.2 Å². The molecule has 0 aromatic carbocycles. The van der Waals surface area contributed by atoms with Crippen molar-refractivity contribution in [2.75, 3.05) is 0 Å². The van der Waals surface area contributed by atoms with Crippen LogP contribution in [-0.2, 0) is 19.1 Å². The molecule has 174 valence electrons. The monoisotopic (exact) mass is 434 g/mol. The van der Waals surface area contributed by atoms with Gasteiger partial charge in [-0.2, -0.15) is 0 Å². The summed E-state index contributed by atoms with van der Waals surface area (Å²) in [4.78, 5) is 24.6. The highest BCUT2D eigenvalue weighted by atomic mass is 16.6. The average molecular weight is 435 g/mol. The first-order valence-corrected chi connectivity index (χ1v) is 11.6. The van der Waals surface area contributed by atoms with E-state index in [-0.39, 0.29) is 42.2 Å². The third kappa shape index (κ3) is 5.58. The maximum Gasteiger partial charge on any atom is 0.311 e. The van der Waals surface area contributed by atoms with Crippen LogP contribution in [0, 0.1) is 23.2 Å². The normalized spacial score (nSPS) is 38.2. The lowest BCUT2D eigenvalue weighted by Gasteiger charge is -2.45. The first-order valence-electron chi connectivity index (χ1n) is 11.6. The number of hydrogen-bond acceptors (Lipinski definition) is 6. The zero-order valence-electron chi connectivity index (χ0n) is 19.5. The number of carbonyl (C=O) groups is 2. The zero-order valence-corrected chi connectivity index (χ0v) is 19.5. The number of cyclic esters (lactones) is 1. The van der Waals surface area contributed by atoms with Gasteiger partial charge in [-0.15, -0.1) is 0 Å². The fourth-order valence-electron chi connectivity index (χ4n) is 5.09. The molecule has 1 saturated heterocycles. The molecule has 1 heterocycles. The molecule has 1 aliphatic heterocycles. The highest BCUT2D eigenvalue weighted by Crippen LogP contribution is 2.46. The first-order chi connectivity index (χ1) is 14.4. The molecule has 31 heavy (non-hydrogen) atoms. The molecule has 2 N–H and O–H groups in total. The van der Waals surface area contributed by atoms with Crippen LogP contribution in [0.15, 0.2) is 23.8 Å². The second kappa shape index (κ2) is 9.07. The van der Waals surface area contributed by atoms with E-state index >= 15 is 0 Å². The summed E-state index contributed by atoms with van der Waals surface area (Å²) in [5.74, 6) is -0.144. The van der Waals surface area contributed by atoms with Crippen molar-refractivity contribution in [2.45, 2.75) is 97.1 Å². The molecule has 0 aromatic heterocycles. The molecule has 1 fully saturated rings. The van der Waals surface area contributed by atoms with Crippen molar-refractivity contribution in [3.63, 3.8) is 0 Å². The van der Waals surface area contributed by atoms with E-state index in [4.69, 9.17) is 9.47 Å². The Morgan fingerprint density at radius 1 is 1.35 bits per heavy atom. The van der Waals surface area contributed by atoms with Crippen LogP contribution in [0.4, 0.5) is 0 Å². The lowest BCUT2D eigenvalue weighted by atomic mass is 9.64. The topological polar surface area (TPSA) is 93.1 Å². The number of hydrogen-bond donors (Lipinski definition) is 2. The maximum atomic E-state index is 12.9. The highest BCUT2D eigenvalue weighted by Gasteiger charge is 2.46. The summed E-state index contributed by atoms with van der Waals surface area (Å²) in [6, 6.07) is 0. The Hall–Kier alpha value is -1.66. The van der Waals surface area contributed by atoms with Crippen LogP contribution in [0.25, 0.3) is 0 Å². The second-order valence-corrected chi connectivity index (χ2v) is 10.6. The van der Waals surface area contributed by atoms with Crippen LogP contribution in [0.3, 0.4) is 0 Å². The van der Waals surface area contributed by atoms with Crippen molar-refractivity contribution in [2.24, 2.45) is 23.2 Å². The number of carbonyl (C=O) groups excluding carboxylic acids is 2. The van der Waals surface area contributed by atoms with Gasteiger partial charge in [-0.05, 0) is 63.5 Å². The quantitative estimate of drug-likeness (QED) is 0.619. The maximum absolute atomic E-state index is 12.9. The number of aliphatic hydroxyl groups is 2. The molecular formula is C25H38O6. The van der Waals surface area contributed by atoms with Gasteiger partial charge in [0.2, 0.25) is 0 Å². The molecule has 7 atom stereocenters. The third-order valence-corrected chi connectivity index (χ3v) is 7.36. The Bertz CT molecular complexity index is 749. The Balaban J connectivity index is 1.81. The van der Waals surface area contributed by atoms with E-state index in [1.165, 1.54) is 0 Å². The minimum absolute atomic E-state index is 0.0129.